The van der Waals surface area contributed by atoms with E-state index >= 15 is 0 Å². The van der Waals surface area contributed by atoms with E-state index in [0.29, 0.717) is 94.2 Å². The fraction of sp³-hybridized carbons (Fsp3) is 0.877. The number of nitrogens with two attached hydrogens (primary N) is 4. The van der Waals surface area contributed by atoms with Crippen LogP contribution < -0.4 is 54.8 Å². The zero-order valence-corrected chi connectivity index (χ0v) is 65.0. The number of nitrogens with one attached hydrogen (secondary N) is 8. The monoisotopic (exact) mass is 1410 g/mol. The van der Waals surface area contributed by atoms with Crippen LogP contribution in [-0.2, 0) is 19.1 Å². The van der Waals surface area contributed by atoms with Crippen LogP contribution in [0.1, 0.15) is 255 Å². The van der Waals surface area contributed by atoms with Crippen molar-refractivity contribution in [3.05, 3.63) is 23.3 Å². The van der Waals surface area contributed by atoms with Crippen LogP contribution >= 0.6 is 0 Å². The molecule has 0 aromatic heterocycles. The minimum atomic E-state index is -0.852. The van der Waals surface area contributed by atoms with Crippen LogP contribution in [0.15, 0.2) is 23.3 Å². The summed E-state index contributed by atoms with van der Waals surface area (Å²) in [7, 11) is 0. The molecule has 20 nitrogen and oxygen atoms in total. The lowest BCUT2D eigenvalue weighted by Crippen LogP contribution is -2.51. The number of rotatable bonds is 40. The smallest absolute Gasteiger partial charge is 0.407 e. The summed E-state index contributed by atoms with van der Waals surface area (Å²) in [5.74, 6) is 8.55. The number of hydrogen-bond acceptors (Lipinski definition) is 12. The molecule has 18 unspecified atom stereocenters. The van der Waals surface area contributed by atoms with Crippen molar-refractivity contribution in [2.45, 2.75) is 280 Å². The highest BCUT2D eigenvalue weighted by Crippen LogP contribution is 2.69. The maximum atomic E-state index is 13.7. The molecule has 8 rings (SSSR count). The van der Waals surface area contributed by atoms with Gasteiger partial charge in [0.25, 0.3) is 0 Å². The average molecular weight is 1410 g/mol. The summed E-state index contributed by atoms with van der Waals surface area (Å²) < 4.78 is 12.5. The first-order chi connectivity index (χ1) is 48.1. The van der Waals surface area contributed by atoms with Gasteiger partial charge in [0, 0.05) is 52.1 Å². The van der Waals surface area contributed by atoms with Crippen LogP contribution in [0.3, 0.4) is 0 Å². The van der Waals surface area contributed by atoms with Crippen molar-refractivity contribution in [1.82, 2.24) is 41.7 Å². The Labute approximate surface area is 611 Å². The van der Waals surface area contributed by atoms with E-state index in [9.17, 15) is 19.2 Å². The molecule has 0 bridgehead atoms. The number of ether oxygens (including phenoxy) is 2. The average Bonchev–Trinajstić information content (AvgIpc) is 1.69. The molecule has 0 aromatic carbocycles. The number of fused-ring (bicyclic) bond motifs is 10. The van der Waals surface area contributed by atoms with Crippen molar-refractivity contribution in [1.29, 1.82) is 10.8 Å². The first kappa shape index (κ1) is 82.0. The predicted octanol–water partition coefficient (Wildman–Crippen LogP) is 12.4. The Hall–Kier alpha value is -4.66. The van der Waals surface area contributed by atoms with Crippen molar-refractivity contribution in [3.8, 4) is 0 Å². The molecule has 8 aliphatic carbocycles. The van der Waals surface area contributed by atoms with E-state index < -0.39 is 12.1 Å². The lowest BCUT2D eigenvalue weighted by atomic mass is 9.47. The number of carbonyl (C=O) groups excluding carboxylic acids is 4. The number of hydrogen-bond donors (Lipinski definition) is 12. The fourth-order valence-corrected chi connectivity index (χ4v) is 22.3. The molecule has 0 aliphatic heterocycles. The van der Waals surface area contributed by atoms with E-state index in [4.69, 9.17) is 43.2 Å². The molecule has 0 radical (unpaired) electrons. The van der Waals surface area contributed by atoms with Gasteiger partial charge in [-0.05, 0) is 267 Å². The predicted molar refractivity (Wildman–Crippen MR) is 410 cm³/mol. The number of nitrogens with zero attached hydrogens (tertiary/aromatic N) is 2. The van der Waals surface area contributed by atoms with Crippen LogP contribution in [-0.4, -0.2) is 149 Å². The minimum absolute atomic E-state index is 0.0608. The van der Waals surface area contributed by atoms with Gasteiger partial charge in [-0.1, -0.05) is 131 Å². The van der Waals surface area contributed by atoms with Crippen molar-refractivity contribution >= 4 is 35.9 Å². The molecular formula is C81H146N14O6. The second-order valence-electron chi connectivity index (χ2n) is 35.5. The Kier molecular flexibility index (Phi) is 31.3. The van der Waals surface area contributed by atoms with Gasteiger partial charge in [-0.2, -0.15) is 0 Å². The second kappa shape index (κ2) is 38.6. The van der Waals surface area contributed by atoms with Gasteiger partial charge in [-0.25, -0.2) is 9.59 Å². The Morgan fingerprint density at radius 3 is 1.28 bits per heavy atom. The molecule has 0 heterocycles. The number of allylic oxidation sites excluding steroid dienone is 2. The Bertz CT molecular complexity index is 2600. The summed E-state index contributed by atoms with van der Waals surface area (Å²) in [6.07, 6.45) is 36.1. The molecular weight excluding hydrogens is 1260 g/mol. The molecule has 101 heavy (non-hydrogen) atoms. The van der Waals surface area contributed by atoms with E-state index in [1.807, 2.05) is 0 Å². The molecule has 6 fully saturated rings. The SMILES string of the molecule is CC(C)CCCC(C)C1CCC2C3CC=C4CC(OC(=O)NCCCN(CCCNC(=O)OC5CCC6(C)C(=CCC7C6CCC6(C)C(C(C)CCCC(C)C)CCC76)C5)CCCN(CCCNC(=O)C(N)CCCNC(=N)N)CCCNC(=O)C(N)CNC(=N)N)CCC4(C)C3CCC12C. The second-order valence-corrected chi connectivity index (χ2v) is 35.5. The van der Waals surface area contributed by atoms with Gasteiger partial charge in [0.05, 0.1) is 6.04 Å². The standard InChI is InChI=1S/C81H146N14O6/c1-54(2)19-11-21-56(5)64-28-30-66-62-26-24-58-51-60(32-36-78(58,7)68(62)34-38-80(64,66)9)100-76(98)91-43-16-47-95(50-18-49-94(46-15-42-89-73(97)71(83)53-93-75(86)87)45-14-41-88-72(96)70(82)23-13-40-90-74(84)85)48-17-44-92-77(99)101-61-33-37-79(8)59(52-61)25-27-63-67-31-29-65(57(6)22-12-20-55(3)4)81(67,10)39-35-69(63)79/h24-25,54-57,60-71H,11-23,26-53,82-83H2,1-10H3,(H,88,96)(H,89,97)(H,91,98)(H,92,99)(H4,84,85,90)(H4,86,87,93). The third-order valence-electron chi connectivity index (χ3n) is 28.0. The van der Waals surface area contributed by atoms with E-state index in [2.05, 4.69) is 123 Å². The van der Waals surface area contributed by atoms with Crippen LogP contribution in [0.5, 0.6) is 0 Å². The molecule has 16 N–H and O–H groups in total. The summed E-state index contributed by atoms with van der Waals surface area (Å²) in [5.41, 5.74) is 27.4. The summed E-state index contributed by atoms with van der Waals surface area (Å²) in [5, 5.41) is 32.4. The van der Waals surface area contributed by atoms with Gasteiger partial charge in [0.2, 0.25) is 11.8 Å². The normalized spacial score (nSPS) is 31.5. The molecule has 0 saturated heterocycles. The van der Waals surface area contributed by atoms with Gasteiger partial charge >= 0.3 is 12.2 Å². The summed E-state index contributed by atoms with van der Waals surface area (Å²) >= 11 is 0. The topological polar surface area (TPSA) is 317 Å². The number of guanidine groups is 2. The Morgan fingerprint density at radius 1 is 0.465 bits per heavy atom. The van der Waals surface area contributed by atoms with Gasteiger partial charge in [-0.3, -0.25) is 20.4 Å². The molecule has 0 spiro atoms. The first-order valence-corrected chi connectivity index (χ1v) is 41.1. The van der Waals surface area contributed by atoms with E-state index in [1.54, 1.807) is 0 Å². The van der Waals surface area contributed by atoms with Gasteiger partial charge < -0.3 is 74.1 Å². The van der Waals surface area contributed by atoms with Crippen LogP contribution in [0, 0.1) is 103 Å². The lowest BCUT2D eigenvalue weighted by molar-refractivity contribution is -0.123. The zero-order valence-electron chi connectivity index (χ0n) is 65.0. The number of alkyl carbamates (subject to hydrolysis) is 2. The van der Waals surface area contributed by atoms with E-state index in [1.165, 1.54) is 114 Å². The quantitative estimate of drug-likeness (QED) is 0.0118. The molecule has 0 aromatic rings. The van der Waals surface area contributed by atoms with Crippen molar-refractivity contribution < 1.29 is 28.7 Å². The molecule has 8 aliphatic rings. The highest BCUT2D eigenvalue weighted by Gasteiger charge is 2.61. The van der Waals surface area contributed by atoms with Crippen LogP contribution in [0.2, 0.25) is 0 Å². The minimum Gasteiger partial charge on any atom is -0.446 e. The summed E-state index contributed by atoms with van der Waals surface area (Å²) in [4.78, 5) is 57.8. The third-order valence-corrected chi connectivity index (χ3v) is 28.0. The maximum Gasteiger partial charge on any atom is 0.407 e. The zero-order chi connectivity index (χ0) is 73.1. The van der Waals surface area contributed by atoms with Crippen LogP contribution in [0.4, 0.5) is 9.59 Å². The van der Waals surface area contributed by atoms with Crippen LogP contribution in [0.25, 0.3) is 0 Å². The largest absolute Gasteiger partial charge is 0.446 e. The third kappa shape index (κ3) is 22.2. The number of amides is 4. The van der Waals surface area contributed by atoms with Crippen molar-refractivity contribution in [3.63, 3.8) is 0 Å². The molecule has 4 amide bonds. The van der Waals surface area contributed by atoms with Gasteiger partial charge in [0.15, 0.2) is 11.9 Å². The number of carbonyl (C=O) groups is 4. The van der Waals surface area contributed by atoms with Crippen molar-refractivity contribution in [2.75, 3.05) is 78.5 Å². The summed E-state index contributed by atoms with van der Waals surface area (Å²) in [6, 6.07) is -1.52. The Balaban J connectivity index is 0.827. The van der Waals surface area contributed by atoms with E-state index in [-0.39, 0.29) is 65.5 Å². The lowest BCUT2D eigenvalue weighted by Gasteiger charge is -2.58. The van der Waals surface area contributed by atoms with Crippen molar-refractivity contribution in [2.24, 2.45) is 116 Å². The fourth-order valence-electron chi connectivity index (χ4n) is 22.3. The highest BCUT2D eigenvalue weighted by molar-refractivity contribution is 5.83. The van der Waals surface area contributed by atoms with Gasteiger partial charge in [0.1, 0.15) is 18.2 Å². The highest BCUT2D eigenvalue weighted by atomic mass is 16.6. The Morgan fingerprint density at radius 2 is 0.861 bits per heavy atom. The summed E-state index contributed by atoms with van der Waals surface area (Å²) in [6.45, 7) is 31.9. The molecule has 6 saturated carbocycles. The first-order valence-electron chi connectivity index (χ1n) is 41.1. The molecule has 20 heteroatoms. The van der Waals surface area contributed by atoms with E-state index in [0.717, 1.165) is 143 Å². The van der Waals surface area contributed by atoms with Gasteiger partial charge in [-0.15, -0.1) is 0 Å². The molecule has 18 atom stereocenters. The maximum absolute atomic E-state index is 13.7. The molecule has 576 valence electrons.